The molecule has 3 N–H and O–H groups in total. The number of nitrogens with zero attached hydrogens (tertiary/aromatic N) is 4. The highest BCUT2D eigenvalue weighted by molar-refractivity contribution is 5.87. The van der Waals surface area contributed by atoms with Crippen LogP contribution in [-0.4, -0.2) is 22.1 Å². The van der Waals surface area contributed by atoms with Gasteiger partial charge in [-0.15, -0.1) is 0 Å². The summed E-state index contributed by atoms with van der Waals surface area (Å²) in [5, 5.41) is 12.9. The summed E-state index contributed by atoms with van der Waals surface area (Å²) >= 11 is 0. The van der Waals surface area contributed by atoms with Gasteiger partial charge in [-0.3, -0.25) is 0 Å². The van der Waals surface area contributed by atoms with Crippen LogP contribution < -0.4 is 20.5 Å². The standard InChI is InChI=1S/C26H22N6O2/c1-33-22-13-12-19(15-23(22)34-17-18-8-4-2-5-9-18)14-20(16-27)24-30-25(28)32-26(31-24)29-21-10-6-3-7-11-21/h2-15H,17H2,1H3,(H3,28,29,30,31,32)/b20-14+. The fourth-order valence-corrected chi connectivity index (χ4v) is 3.16. The summed E-state index contributed by atoms with van der Waals surface area (Å²) in [7, 11) is 1.58. The minimum atomic E-state index is 0.00574. The van der Waals surface area contributed by atoms with Gasteiger partial charge in [0.15, 0.2) is 17.3 Å². The van der Waals surface area contributed by atoms with Crippen molar-refractivity contribution in [3.63, 3.8) is 0 Å². The van der Waals surface area contributed by atoms with E-state index in [0.29, 0.717) is 18.1 Å². The predicted molar refractivity (Wildman–Crippen MR) is 131 cm³/mol. The Kier molecular flexibility index (Phi) is 6.96. The number of hydrogen-bond donors (Lipinski definition) is 2. The van der Waals surface area contributed by atoms with Crippen LogP contribution in [0, 0.1) is 11.3 Å². The molecule has 0 bridgehead atoms. The number of nitrogen functional groups attached to an aromatic ring is 1. The van der Waals surface area contributed by atoms with Gasteiger partial charge in [0, 0.05) is 5.69 Å². The maximum atomic E-state index is 9.80. The highest BCUT2D eigenvalue weighted by Gasteiger charge is 2.12. The summed E-state index contributed by atoms with van der Waals surface area (Å²) in [6.07, 6.45) is 1.66. The molecule has 8 heteroatoms. The third kappa shape index (κ3) is 5.66. The van der Waals surface area contributed by atoms with E-state index in [0.717, 1.165) is 16.8 Å². The first-order valence-electron chi connectivity index (χ1n) is 10.4. The van der Waals surface area contributed by atoms with Gasteiger partial charge in [0.05, 0.1) is 12.7 Å². The smallest absolute Gasteiger partial charge is 0.232 e. The first-order chi connectivity index (χ1) is 16.6. The summed E-state index contributed by atoms with van der Waals surface area (Å²) in [5.41, 5.74) is 8.64. The molecule has 4 rings (SSSR count). The summed E-state index contributed by atoms with van der Waals surface area (Å²) in [6.45, 7) is 0.383. The molecule has 0 spiro atoms. The molecule has 1 heterocycles. The number of hydrogen-bond acceptors (Lipinski definition) is 8. The highest BCUT2D eigenvalue weighted by atomic mass is 16.5. The average molecular weight is 451 g/mol. The normalized spacial score (nSPS) is 10.9. The van der Waals surface area contributed by atoms with Gasteiger partial charge in [-0.25, -0.2) is 0 Å². The first-order valence-corrected chi connectivity index (χ1v) is 10.4. The van der Waals surface area contributed by atoms with Gasteiger partial charge in [0.25, 0.3) is 0 Å². The molecule has 4 aromatic rings. The van der Waals surface area contributed by atoms with Crippen molar-refractivity contribution in [3.05, 3.63) is 95.8 Å². The van der Waals surface area contributed by atoms with Gasteiger partial charge in [-0.1, -0.05) is 54.6 Å². The minimum Gasteiger partial charge on any atom is -0.493 e. The zero-order valence-electron chi connectivity index (χ0n) is 18.5. The molecule has 0 aliphatic heterocycles. The van der Waals surface area contributed by atoms with Crippen molar-refractivity contribution in [1.82, 2.24) is 15.0 Å². The zero-order valence-corrected chi connectivity index (χ0v) is 18.5. The number of para-hydroxylation sites is 1. The van der Waals surface area contributed by atoms with E-state index in [1.54, 1.807) is 25.3 Å². The maximum Gasteiger partial charge on any atom is 0.232 e. The summed E-state index contributed by atoms with van der Waals surface area (Å²) in [5.74, 6) is 1.56. The molecular formula is C26H22N6O2. The van der Waals surface area contributed by atoms with Crippen LogP contribution in [0.5, 0.6) is 11.5 Å². The Balaban J connectivity index is 1.61. The van der Waals surface area contributed by atoms with Gasteiger partial charge in [0.1, 0.15) is 12.7 Å². The molecule has 0 saturated carbocycles. The largest absolute Gasteiger partial charge is 0.493 e. The summed E-state index contributed by atoms with van der Waals surface area (Å²) in [4.78, 5) is 12.6. The summed E-state index contributed by atoms with van der Waals surface area (Å²) in [6, 6.07) is 26.8. The van der Waals surface area contributed by atoms with E-state index in [1.165, 1.54) is 0 Å². The number of allylic oxidation sites excluding steroid dienone is 1. The lowest BCUT2D eigenvalue weighted by molar-refractivity contribution is 0.284. The molecule has 3 aromatic carbocycles. The Hall–Kier alpha value is -4.90. The van der Waals surface area contributed by atoms with E-state index in [2.05, 4.69) is 26.3 Å². The zero-order chi connectivity index (χ0) is 23.8. The van der Waals surface area contributed by atoms with Crippen LogP contribution in [0.4, 0.5) is 17.6 Å². The van der Waals surface area contributed by atoms with Gasteiger partial charge >= 0.3 is 0 Å². The van der Waals surface area contributed by atoms with Crippen LogP contribution in [0.1, 0.15) is 17.0 Å². The Labute approximate surface area is 197 Å². The monoisotopic (exact) mass is 450 g/mol. The number of ether oxygens (including phenoxy) is 2. The second-order valence-electron chi connectivity index (χ2n) is 7.19. The molecule has 0 aliphatic carbocycles. The molecule has 8 nitrogen and oxygen atoms in total. The molecule has 34 heavy (non-hydrogen) atoms. The van der Waals surface area contributed by atoms with Crippen molar-refractivity contribution in [2.75, 3.05) is 18.2 Å². The van der Waals surface area contributed by atoms with Crippen molar-refractivity contribution in [3.8, 4) is 17.6 Å². The van der Waals surface area contributed by atoms with Crippen LogP contribution in [0.3, 0.4) is 0 Å². The molecule has 0 fully saturated rings. The van der Waals surface area contributed by atoms with Crippen molar-refractivity contribution in [2.45, 2.75) is 6.61 Å². The number of aromatic nitrogens is 3. The average Bonchev–Trinajstić information content (AvgIpc) is 2.87. The molecule has 0 saturated heterocycles. The van der Waals surface area contributed by atoms with Crippen LogP contribution in [-0.2, 0) is 6.61 Å². The number of nitrogens with two attached hydrogens (primary N) is 1. The fourth-order valence-electron chi connectivity index (χ4n) is 3.16. The number of benzene rings is 3. The lowest BCUT2D eigenvalue weighted by atomic mass is 10.1. The molecule has 0 atom stereocenters. The third-order valence-electron chi connectivity index (χ3n) is 4.78. The number of anilines is 3. The predicted octanol–water partition coefficient (Wildman–Crippen LogP) is 4.85. The maximum absolute atomic E-state index is 9.80. The highest BCUT2D eigenvalue weighted by Crippen LogP contribution is 2.30. The molecular weight excluding hydrogens is 428 g/mol. The van der Waals surface area contributed by atoms with Crippen LogP contribution in [0.2, 0.25) is 0 Å². The number of methoxy groups -OCH3 is 1. The topological polar surface area (TPSA) is 119 Å². The van der Waals surface area contributed by atoms with Crippen molar-refractivity contribution >= 4 is 29.2 Å². The second kappa shape index (κ2) is 10.6. The molecule has 0 aliphatic rings. The van der Waals surface area contributed by atoms with E-state index >= 15 is 0 Å². The van der Waals surface area contributed by atoms with E-state index < -0.39 is 0 Å². The van der Waals surface area contributed by atoms with Gasteiger partial charge in [-0.05, 0) is 41.5 Å². The van der Waals surface area contributed by atoms with E-state index in [4.69, 9.17) is 15.2 Å². The van der Waals surface area contributed by atoms with E-state index in [1.807, 2.05) is 66.7 Å². The Bertz CT molecular complexity index is 1330. The van der Waals surface area contributed by atoms with Crippen molar-refractivity contribution < 1.29 is 9.47 Å². The second-order valence-corrected chi connectivity index (χ2v) is 7.19. The van der Waals surface area contributed by atoms with E-state index in [9.17, 15) is 5.26 Å². The van der Waals surface area contributed by atoms with Gasteiger partial charge < -0.3 is 20.5 Å². The molecule has 168 valence electrons. The number of nitriles is 1. The van der Waals surface area contributed by atoms with Gasteiger partial charge in [-0.2, -0.15) is 20.2 Å². The van der Waals surface area contributed by atoms with Gasteiger partial charge in [0.2, 0.25) is 11.9 Å². The fraction of sp³-hybridized carbons (Fsp3) is 0.0769. The van der Waals surface area contributed by atoms with Crippen molar-refractivity contribution in [1.29, 1.82) is 5.26 Å². The lowest BCUT2D eigenvalue weighted by Gasteiger charge is -2.12. The number of rotatable bonds is 8. The molecule has 0 unspecified atom stereocenters. The first kappa shape index (κ1) is 22.3. The lowest BCUT2D eigenvalue weighted by Crippen LogP contribution is -2.06. The van der Waals surface area contributed by atoms with Crippen LogP contribution >= 0.6 is 0 Å². The third-order valence-corrected chi connectivity index (χ3v) is 4.78. The minimum absolute atomic E-state index is 0.00574. The molecule has 1 aromatic heterocycles. The SMILES string of the molecule is COc1ccc(/C=C(\C#N)c2nc(N)nc(Nc3ccccc3)n2)cc1OCc1ccccc1. The Morgan fingerprint density at radius 3 is 2.41 bits per heavy atom. The van der Waals surface area contributed by atoms with Crippen LogP contribution in [0.25, 0.3) is 11.6 Å². The van der Waals surface area contributed by atoms with E-state index in [-0.39, 0.29) is 23.3 Å². The quantitative estimate of drug-likeness (QED) is 0.366. The Morgan fingerprint density at radius 2 is 1.71 bits per heavy atom. The summed E-state index contributed by atoms with van der Waals surface area (Å²) < 4.78 is 11.4. The van der Waals surface area contributed by atoms with Crippen molar-refractivity contribution in [2.24, 2.45) is 0 Å². The molecule has 0 radical (unpaired) electrons. The Morgan fingerprint density at radius 1 is 0.971 bits per heavy atom. The number of nitrogens with one attached hydrogen (secondary N) is 1. The molecule has 0 amide bonds. The van der Waals surface area contributed by atoms with Crippen LogP contribution in [0.15, 0.2) is 78.9 Å².